The van der Waals surface area contributed by atoms with Gasteiger partial charge >= 0.3 is 0 Å². The summed E-state index contributed by atoms with van der Waals surface area (Å²) in [5, 5.41) is 2.78. The van der Waals surface area contributed by atoms with E-state index in [1.807, 2.05) is 23.6 Å². The predicted molar refractivity (Wildman–Crippen MR) is 61.6 cm³/mol. The van der Waals surface area contributed by atoms with Crippen LogP contribution in [0.1, 0.15) is 26.7 Å². The Balaban J connectivity index is 0.000000151. The number of rotatable bonds is 0. The van der Waals surface area contributed by atoms with E-state index in [1.165, 1.54) is 0 Å². The Hall–Kier alpha value is -0.710. The van der Waals surface area contributed by atoms with E-state index in [1.54, 1.807) is 6.92 Å². The van der Waals surface area contributed by atoms with Crippen LogP contribution in [-0.4, -0.2) is 40.9 Å². The van der Waals surface area contributed by atoms with E-state index in [2.05, 4.69) is 5.32 Å². The van der Waals surface area contributed by atoms with Crippen LogP contribution in [0.3, 0.4) is 0 Å². The van der Waals surface area contributed by atoms with E-state index in [0.29, 0.717) is 6.04 Å². The van der Waals surface area contributed by atoms with Gasteiger partial charge in [0.1, 0.15) is 0 Å². The summed E-state index contributed by atoms with van der Waals surface area (Å²) in [4.78, 5) is 22.8. The summed E-state index contributed by atoms with van der Waals surface area (Å²) in [5.41, 5.74) is 0. The standard InChI is InChI=1S/C5H9NOS.C5H9NO/c1-5(7)6-2-3-8-4-6;1-4-2-3-5(7)6-4/h2-4H2,1H3;4H,2-3H2,1H3,(H,6,7). The minimum absolute atomic E-state index is 0.201. The lowest BCUT2D eigenvalue weighted by Crippen LogP contribution is -2.24. The smallest absolute Gasteiger partial charge is 0.220 e. The van der Waals surface area contributed by atoms with Crippen LogP contribution >= 0.6 is 11.8 Å². The number of thioether (sulfide) groups is 1. The van der Waals surface area contributed by atoms with Crippen LogP contribution in [0.15, 0.2) is 0 Å². The van der Waals surface area contributed by atoms with Crippen molar-refractivity contribution in [2.24, 2.45) is 0 Å². The molecule has 5 heteroatoms. The first-order valence-corrected chi connectivity index (χ1v) is 6.37. The maximum Gasteiger partial charge on any atom is 0.220 e. The third-order valence-electron chi connectivity index (χ3n) is 2.41. The largest absolute Gasteiger partial charge is 0.354 e. The van der Waals surface area contributed by atoms with Gasteiger partial charge in [0.25, 0.3) is 0 Å². The zero-order valence-corrected chi connectivity index (χ0v) is 10.1. The molecule has 0 aromatic rings. The Morgan fingerprint density at radius 1 is 1.60 bits per heavy atom. The molecule has 2 aliphatic heterocycles. The molecule has 2 saturated heterocycles. The van der Waals surface area contributed by atoms with Crippen molar-refractivity contribution in [1.29, 1.82) is 0 Å². The average molecular weight is 230 g/mol. The van der Waals surface area contributed by atoms with Gasteiger partial charge in [0.2, 0.25) is 11.8 Å². The van der Waals surface area contributed by atoms with Gasteiger partial charge in [0.15, 0.2) is 0 Å². The molecular weight excluding hydrogens is 212 g/mol. The van der Waals surface area contributed by atoms with Gasteiger partial charge < -0.3 is 10.2 Å². The molecule has 0 aliphatic carbocycles. The number of carbonyl (C=O) groups excluding carboxylic acids is 2. The summed E-state index contributed by atoms with van der Waals surface area (Å²) in [6.45, 7) is 4.58. The summed E-state index contributed by atoms with van der Waals surface area (Å²) in [6.07, 6.45) is 1.74. The third-order valence-corrected chi connectivity index (χ3v) is 3.38. The van der Waals surface area contributed by atoms with Crippen LogP contribution < -0.4 is 5.32 Å². The predicted octanol–water partition coefficient (Wildman–Crippen LogP) is 0.824. The van der Waals surface area contributed by atoms with Crippen molar-refractivity contribution in [1.82, 2.24) is 10.2 Å². The van der Waals surface area contributed by atoms with Crippen LogP contribution in [0.5, 0.6) is 0 Å². The summed E-state index contributed by atoms with van der Waals surface area (Å²) in [7, 11) is 0. The number of carbonyl (C=O) groups is 2. The molecule has 0 aromatic heterocycles. The van der Waals surface area contributed by atoms with E-state index >= 15 is 0 Å². The molecule has 1 atom stereocenters. The van der Waals surface area contributed by atoms with Crippen molar-refractivity contribution in [3.05, 3.63) is 0 Å². The molecule has 1 unspecified atom stereocenters. The van der Waals surface area contributed by atoms with E-state index in [9.17, 15) is 9.59 Å². The highest BCUT2D eigenvalue weighted by Crippen LogP contribution is 2.12. The molecule has 1 N–H and O–H groups in total. The number of hydrogen-bond acceptors (Lipinski definition) is 3. The fourth-order valence-electron chi connectivity index (χ4n) is 1.43. The highest BCUT2D eigenvalue weighted by Gasteiger charge is 2.14. The lowest BCUT2D eigenvalue weighted by atomic mass is 10.3. The Labute approximate surface area is 94.8 Å². The third kappa shape index (κ3) is 4.55. The van der Waals surface area contributed by atoms with E-state index in [0.717, 1.165) is 31.0 Å². The Bertz CT molecular complexity index is 240. The molecule has 0 bridgehead atoms. The molecule has 0 spiro atoms. The molecule has 2 aliphatic rings. The first-order chi connectivity index (χ1) is 7.09. The highest BCUT2D eigenvalue weighted by molar-refractivity contribution is 7.99. The maximum atomic E-state index is 10.6. The lowest BCUT2D eigenvalue weighted by molar-refractivity contribution is -0.127. The number of nitrogens with one attached hydrogen (secondary N) is 1. The SMILES string of the molecule is CC(=O)N1CCSC1.CC1CCC(=O)N1. The van der Waals surface area contributed by atoms with Crippen molar-refractivity contribution in [3.63, 3.8) is 0 Å². The quantitative estimate of drug-likeness (QED) is 0.670. The minimum Gasteiger partial charge on any atom is -0.354 e. The van der Waals surface area contributed by atoms with Crippen molar-refractivity contribution in [3.8, 4) is 0 Å². The fraction of sp³-hybridized carbons (Fsp3) is 0.800. The van der Waals surface area contributed by atoms with Gasteiger partial charge in [0, 0.05) is 31.7 Å². The second-order valence-electron chi connectivity index (χ2n) is 3.83. The van der Waals surface area contributed by atoms with Crippen LogP contribution in [0, 0.1) is 0 Å². The topological polar surface area (TPSA) is 49.4 Å². The van der Waals surface area contributed by atoms with Crippen molar-refractivity contribution < 1.29 is 9.59 Å². The summed E-state index contributed by atoms with van der Waals surface area (Å²) < 4.78 is 0. The summed E-state index contributed by atoms with van der Waals surface area (Å²) in [6, 6.07) is 0.424. The fourth-order valence-corrected chi connectivity index (χ4v) is 2.44. The zero-order chi connectivity index (χ0) is 11.3. The van der Waals surface area contributed by atoms with Gasteiger partial charge in [0.05, 0.1) is 5.88 Å². The van der Waals surface area contributed by atoms with Gasteiger partial charge in [-0.2, -0.15) is 0 Å². The van der Waals surface area contributed by atoms with Crippen LogP contribution in [-0.2, 0) is 9.59 Å². The van der Waals surface area contributed by atoms with Gasteiger partial charge in [-0.15, -0.1) is 11.8 Å². The van der Waals surface area contributed by atoms with Gasteiger partial charge in [-0.05, 0) is 13.3 Å². The van der Waals surface area contributed by atoms with Crippen LogP contribution in [0.4, 0.5) is 0 Å². The van der Waals surface area contributed by atoms with E-state index in [4.69, 9.17) is 0 Å². The number of nitrogens with zero attached hydrogens (tertiary/aromatic N) is 1. The average Bonchev–Trinajstić information content (AvgIpc) is 2.77. The molecule has 0 saturated carbocycles. The monoisotopic (exact) mass is 230 g/mol. The zero-order valence-electron chi connectivity index (χ0n) is 9.28. The Kier molecular flexibility index (Phi) is 4.94. The molecule has 0 aromatic carbocycles. The Morgan fingerprint density at radius 2 is 2.33 bits per heavy atom. The first-order valence-electron chi connectivity index (χ1n) is 5.22. The molecule has 2 amide bonds. The molecule has 2 rings (SSSR count). The van der Waals surface area contributed by atoms with Crippen molar-refractivity contribution in [2.45, 2.75) is 32.7 Å². The number of amides is 2. The number of hydrogen-bond donors (Lipinski definition) is 1. The molecule has 2 heterocycles. The molecular formula is C10H18N2O2S. The molecule has 2 fully saturated rings. The second kappa shape index (κ2) is 6.00. The molecule has 4 nitrogen and oxygen atoms in total. The highest BCUT2D eigenvalue weighted by atomic mass is 32.2. The molecule has 0 radical (unpaired) electrons. The van der Waals surface area contributed by atoms with Gasteiger partial charge in [-0.25, -0.2) is 0 Å². The van der Waals surface area contributed by atoms with Crippen LogP contribution in [0.2, 0.25) is 0 Å². The van der Waals surface area contributed by atoms with Gasteiger partial charge in [-0.1, -0.05) is 0 Å². The maximum absolute atomic E-state index is 10.6. The normalized spacial score (nSPS) is 24.5. The minimum atomic E-state index is 0.201. The lowest BCUT2D eigenvalue weighted by Gasteiger charge is -2.08. The first kappa shape index (κ1) is 12.4. The summed E-state index contributed by atoms with van der Waals surface area (Å²) in [5.74, 6) is 2.41. The second-order valence-corrected chi connectivity index (χ2v) is 4.90. The van der Waals surface area contributed by atoms with E-state index < -0.39 is 0 Å². The van der Waals surface area contributed by atoms with Crippen molar-refractivity contribution in [2.75, 3.05) is 18.2 Å². The molecule has 15 heavy (non-hydrogen) atoms. The molecule has 86 valence electrons. The summed E-state index contributed by atoms with van der Waals surface area (Å²) >= 11 is 1.82. The van der Waals surface area contributed by atoms with Gasteiger partial charge in [-0.3, -0.25) is 9.59 Å². The Morgan fingerprint density at radius 3 is 2.53 bits per heavy atom. The van der Waals surface area contributed by atoms with Crippen LogP contribution in [0.25, 0.3) is 0 Å². The van der Waals surface area contributed by atoms with Crippen molar-refractivity contribution >= 4 is 23.6 Å². The van der Waals surface area contributed by atoms with E-state index in [-0.39, 0.29) is 11.8 Å².